The molecule has 2 saturated carbocycles. The summed E-state index contributed by atoms with van der Waals surface area (Å²) in [4.78, 5) is 9.14. The molecule has 2 fully saturated rings. The fraction of sp³-hybridized carbons (Fsp3) is 0.422. The van der Waals surface area contributed by atoms with Crippen molar-refractivity contribution in [2.75, 3.05) is 6.61 Å². The monoisotopic (exact) mass is 780 g/mol. The Morgan fingerprint density at radius 1 is 0.636 bits per heavy atom. The van der Waals surface area contributed by atoms with Gasteiger partial charge in [0.1, 0.15) is 0 Å². The first-order chi connectivity index (χ1) is 26.9. The van der Waals surface area contributed by atoms with Gasteiger partial charge < -0.3 is 29.2 Å². The van der Waals surface area contributed by atoms with E-state index in [1.165, 1.54) is 37.0 Å². The Hall–Kier alpha value is -4.22. The van der Waals surface area contributed by atoms with Crippen LogP contribution in [-0.4, -0.2) is 45.1 Å². The summed E-state index contributed by atoms with van der Waals surface area (Å²) >= 11 is 3.08. The SMILES string of the molecule is CCC(O)CCc1ccc(Oc2nc3ccccc3s2)c(OC2CCCC2)c1.CCC(O)CCc1ccc(Oc2nc3ccccc3s2)c(OCC2CC2)c1. The molecule has 2 unspecified atom stereocenters. The van der Waals surface area contributed by atoms with Crippen LogP contribution in [0.25, 0.3) is 20.4 Å². The fourth-order valence-corrected chi connectivity index (χ4v) is 8.18. The van der Waals surface area contributed by atoms with Gasteiger partial charge in [0.05, 0.1) is 45.4 Å². The molecule has 2 atom stereocenters. The van der Waals surface area contributed by atoms with Crippen molar-refractivity contribution in [3.63, 3.8) is 0 Å². The topological polar surface area (TPSA) is 103 Å². The van der Waals surface area contributed by atoms with E-state index in [-0.39, 0.29) is 18.3 Å². The molecular formula is C45H52N2O6S2. The van der Waals surface area contributed by atoms with Crippen LogP contribution in [0.2, 0.25) is 0 Å². The van der Waals surface area contributed by atoms with Gasteiger partial charge in [-0.05, 0) is 143 Å². The number of nitrogens with zero attached hydrogens (tertiary/aromatic N) is 2. The van der Waals surface area contributed by atoms with Crippen LogP contribution < -0.4 is 18.9 Å². The maximum Gasteiger partial charge on any atom is 0.279 e. The third-order valence-electron chi connectivity index (χ3n) is 10.2. The molecule has 290 valence electrons. The molecule has 55 heavy (non-hydrogen) atoms. The summed E-state index contributed by atoms with van der Waals surface area (Å²) in [5, 5.41) is 21.0. The first-order valence-corrected chi connectivity index (χ1v) is 21.5. The third kappa shape index (κ3) is 11.2. The highest BCUT2D eigenvalue weighted by molar-refractivity contribution is 7.20. The summed E-state index contributed by atoms with van der Waals surface area (Å²) in [7, 11) is 0. The van der Waals surface area contributed by atoms with E-state index in [0.717, 1.165) is 101 Å². The number of hydrogen-bond donors (Lipinski definition) is 2. The van der Waals surface area contributed by atoms with E-state index in [1.807, 2.05) is 74.5 Å². The van der Waals surface area contributed by atoms with Gasteiger partial charge in [-0.1, -0.05) is 72.9 Å². The van der Waals surface area contributed by atoms with Crippen LogP contribution in [0.15, 0.2) is 84.9 Å². The van der Waals surface area contributed by atoms with Gasteiger partial charge in [0.25, 0.3) is 10.4 Å². The lowest BCUT2D eigenvalue weighted by atomic mass is 10.0. The minimum Gasteiger partial charge on any atom is -0.489 e. The summed E-state index contributed by atoms with van der Waals surface area (Å²) in [5.41, 5.74) is 4.22. The molecule has 2 N–H and O–H groups in total. The number of thiazole rings is 2. The molecule has 2 heterocycles. The molecule has 8 nitrogen and oxygen atoms in total. The molecule has 2 aromatic heterocycles. The van der Waals surface area contributed by atoms with Gasteiger partial charge in [-0.15, -0.1) is 0 Å². The van der Waals surface area contributed by atoms with E-state index in [1.54, 1.807) is 11.3 Å². The Bertz CT molecular complexity index is 2060. The molecule has 4 aromatic carbocycles. The van der Waals surface area contributed by atoms with E-state index in [2.05, 4.69) is 34.2 Å². The van der Waals surface area contributed by atoms with Gasteiger partial charge in [0, 0.05) is 0 Å². The molecule has 0 radical (unpaired) electrons. The lowest BCUT2D eigenvalue weighted by Gasteiger charge is -2.17. The van der Waals surface area contributed by atoms with E-state index < -0.39 is 0 Å². The standard InChI is InChI=1S/C23H27NO3S.C22H25NO3S/c1-2-17(25)13-11-16-12-14-20(21(15-16)26-18-7-3-4-8-18)27-23-24-19-9-5-6-10-22(19)28-23;1-2-17(24)11-9-15-10-12-19(20(13-15)25-14-16-7-8-16)26-22-23-18-5-3-4-6-21(18)27-22/h5-6,9-10,12,14-15,17-18,25H,2-4,7-8,11,13H2,1H3;3-6,10,12-13,16-17,24H,2,7-9,11,14H2,1H3. The van der Waals surface area contributed by atoms with E-state index in [4.69, 9.17) is 18.9 Å². The largest absolute Gasteiger partial charge is 0.489 e. The molecule has 10 heteroatoms. The summed E-state index contributed by atoms with van der Waals surface area (Å²) in [5.74, 6) is 3.64. The molecule has 2 aliphatic rings. The number of fused-ring (bicyclic) bond motifs is 2. The van der Waals surface area contributed by atoms with E-state index in [9.17, 15) is 10.2 Å². The predicted octanol–water partition coefficient (Wildman–Crippen LogP) is 11.7. The molecule has 2 aliphatic carbocycles. The van der Waals surface area contributed by atoms with Crippen LogP contribution in [-0.2, 0) is 12.8 Å². The molecule has 0 amide bonds. The van der Waals surface area contributed by atoms with Crippen LogP contribution in [0.1, 0.15) is 89.2 Å². The van der Waals surface area contributed by atoms with Crippen LogP contribution in [0.5, 0.6) is 33.4 Å². The van der Waals surface area contributed by atoms with Gasteiger partial charge in [-0.2, -0.15) is 0 Å². The van der Waals surface area contributed by atoms with E-state index >= 15 is 0 Å². The first kappa shape index (κ1) is 39.0. The highest BCUT2D eigenvalue weighted by Crippen LogP contribution is 2.40. The number of aromatic nitrogens is 2. The quantitative estimate of drug-likeness (QED) is 0.0943. The Kier molecular flexibility index (Phi) is 13.5. The smallest absolute Gasteiger partial charge is 0.279 e. The lowest BCUT2D eigenvalue weighted by Crippen LogP contribution is -2.12. The Balaban J connectivity index is 0.000000169. The Morgan fingerprint density at radius 3 is 1.65 bits per heavy atom. The zero-order valence-corrected chi connectivity index (χ0v) is 33.5. The van der Waals surface area contributed by atoms with Crippen LogP contribution >= 0.6 is 22.7 Å². The van der Waals surface area contributed by atoms with Crippen LogP contribution in [0, 0.1) is 5.92 Å². The van der Waals surface area contributed by atoms with Gasteiger partial charge in [0.15, 0.2) is 23.0 Å². The minimum atomic E-state index is -0.252. The fourth-order valence-electron chi connectivity index (χ4n) is 6.52. The van der Waals surface area contributed by atoms with Gasteiger partial charge in [0.2, 0.25) is 0 Å². The predicted molar refractivity (Wildman–Crippen MR) is 223 cm³/mol. The third-order valence-corrected chi connectivity index (χ3v) is 12.0. The van der Waals surface area contributed by atoms with Crippen molar-refractivity contribution in [2.24, 2.45) is 5.92 Å². The second-order valence-corrected chi connectivity index (χ2v) is 16.6. The van der Waals surface area contributed by atoms with Crippen molar-refractivity contribution in [3.05, 3.63) is 96.1 Å². The Morgan fingerprint density at radius 2 is 1.15 bits per heavy atom. The minimum absolute atomic E-state index is 0.250. The molecular weight excluding hydrogens is 729 g/mol. The van der Waals surface area contributed by atoms with Crippen molar-refractivity contribution in [2.45, 2.75) is 109 Å². The van der Waals surface area contributed by atoms with Crippen molar-refractivity contribution in [1.29, 1.82) is 0 Å². The highest BCUT2D eigenvalue weighted by atomic mass is 32.1. The maximum absolute atomic E-state index is 9.87. The summed E-state index contributed by atoms with van der Waals surface area (Å²) in [6.45, 7) is 4.75. The zero-order valence-electron chi connectivity index (χ0n) is 31.8. The normalized spacial score (nSPS) is 15.4. The second-order valence-electron chi connectivity index (χ2n) is 14.6. The van der Waals surface area contributed by atoms with Crippen molar-refractivity contribution < 1.29 is 29.2 Å². The van der Waals surface area contributed by atoms with Crippen LogP contribution in [0.4, 0.5) is 0 Å². The molecule has 0 saturated heterocycles. The van der Waals surface area contributed by atoms with Crippen LogP contribution in [0.3, 0.4) is 0 Å². The number of ether oxygens (including phenoxy) is 4. The zero-order chi connectivity index (χ0) is 38.0. The molecule has 6 aromatic rings. The molecule has 0 bridgehead atoms. The number of hydrogen-bond acceptors (Lipinski definition) is 10. The number of para-hydroxylation sites is 2. The number of aliphatic hydroxyl groups excluding tert-OH is 2. The average Bonchev–Trinajstić information content (AvgIpc) is 3.51. The molecule has 0 spiro atoms. The van der Waals surface area contributed by atoms with Gasteiger partial charge in [-0.25, -0.2) is 9.97 Å². The summed E-state index contributed by atoms with van der Waals surface area (Å²) < 4.78 is 26.8. The highest BCUT2D eigenvalue weighted by Gasteiger charge is 2.23. The Labute approximate surface area is 332 Å². The van der Waals surface area contributed by atoms with Crippen molar-refractivity contribution in [3.8, 4) is 33.4 Å². The van der Waals surface area contributed by atoms with Gasteiger partial charge >= 0.3 is 0 Å². The second kappa shape index (κ2) is 19.1. The molecule has 8 rings (SSSR count). The summed E-state index contributed by atoms with van der Waals surface area (Å²) in [6.07, 6.45) is 11.6. The first-order valence-electron chi connectivity index (χ1n) is 19.9. The van der Waals surface area contributed by atoms with E-state index in [0.29, 0.717) is 27.8 Å². The number of rotatable bonds is 17. The average molecular weight is 781 g/mol. The number of aliphatic hydroxyl groups is 2. The van der Waals surface area contributed by atoms with Crippen molar-refractivity contribution >= 4 is 43.1 Å². The molecule has 0 aliphatic heterocycles. The van der Waals surface area contributed by atoms with Crippen molar-refractivity contribution in [1.82, 2.24) is 9.97 Å². The van der Waals surface area contributed by atoms with Gasteiger partial charge in [-0.3, -0.25) is 0 Å². The maximum atomic E-state index is 9.87. The lowest BCUT2D eigenvalue weighted by molar-refractivity contribution is 0.160. The number of aryl methyl sites for hydroxylation is 2. The summed E-state index contributed by atoms with van der Waals surface area (Å²) in [6, 6.07) is 28.2. The number of benzene rings is 4.